The molecule has 22 heavy (non-hydrogen) atoms. The normalized spacial score (nSPS) is 10.8. The summed E-state index contributed by atoms with van der Waals surface area (Å²) in [7, 11) is 0. The Balaban J connectivity index is 1.69. The number of rotatable bonds is 5. The number of H-pyrrole nitrogens is 1. The van der Waals surface area contributed by atoms with E-state index >= 15 is 0 Å². The molecule has 0 saturated heterocycles. The van der Waals surface area contributed by atoms with Gasteiger partial charge in [0.2, 0.25) is 5.82 Å². The van der Waals surface area contributed by atoms with Crippen molar-refractivity contribution >= 4 is 38.5 Å². The topological polar surface area (TPSA) is 96.7 Å². The summed E-state index contributed by atoms with van der Waals surface area (Å²) in [6, 6.07) is 9.19. The minimum absolute atomic E-state index is 0.0565. The van der Waals surface area contributed by atoms with Crippen molar-refractivity contribution in [2.75, 3.05) is 11.9 Å². The molecule has 0 bridgehead atoms. The number of benzene rings is 1. The predicted molar refractivity (Wildman–Crippen MR) is 86.9 cm³/mol. The van der Waals surface area contributed by atoms with Crippen molar-refractivity contribution in [1.82, 2.24) is 15.0 Å². The third kappa shape index (κ3) is 3.06. The summed E-state index contributed by atoms with van der Waals surface area (Å²) in [6.07, 6.45) is 2.14. The lowest BCUT2D eigenvalue weighted by Crippen LogP contribution is -2.09. The van der Waals surface area contributed by atoms with E-state index in [2.05, 4.69) is 36.2 Å². The van der Waals surface area contributed by atoms with E-state index in [-0.39, 0.29) is 11.5 Å². The van der Waals surface area contributed by atoms with E-state index in [1.807, 2.05) is 24.3 Å². The van der Waals surface area contributed by atoms with Crippen LogP contribution < -0.4 is 5.32 Å². The van der Waals surface area contributed by atoms with Gasteiger partial charge in [-0.15, -0.1) is 0 Å². The molecule has 7 nitrogen and oxygen atoms in total. The van der Waals surface area contributed by atoms with Gasteiger partial charge in [-0.1, -0.05) is 12.1 Å². The summed E-state index contributed by atoms with van der Waals surface area (Å²) < 4.78 is 0.571. The van der Waals surface area contributed by atoms with Gasteiger partial charge in [0.1, 0.15) is 5.82 Å². The van der Waals surface area contributed by atoms with Gasteiger partial charge in [-0.05, 0) is 28.1 Å². The average Bonchev–Trinajstić information content (AvgIpc) is 2.91. The van der Waals surface area contributed by atoms with Gasteiger partial charge < -0.3 is 10.3 Å². The number of nitrogens with zero attached hydrogens (tertiary/aromatic N) is 3. The second-order valence-corrected chi connectivity index (χ2v) is 5.57. The van der Waals surface area contributed by atoms with E-state index in [9.17, 15) is 10.1 Å². The fraction of sp³-hybridized carbons (Fsp3) is 0.143. The van der Waals surface area contributed by atoms with Gasteiger partial charge in [0, 0.05) is 29.7 Å². The lowest BCUT2D eigenvalue weighted by Gasteiger charge is -2.05. The molecule has 0 fully saturated rings. The van der Waals surface area contributed by atoms with E-state index in [0.29, 0.717) is 17.4 Å². The number of imidazole rings is 1. The third-order valence-corrected chi connectivity index (χ3v) is 3.56. The Morgan fingerprint density at radius 3 is 2.95 bits per heavy atom. The minimum atomic E-state index is -0.457. The summed E-state index contributed by atoms with van der Waals surface area (Å²) in [5.74, 6) is 1.08. The number of aromatic nitrogens is 3. The molecule has 0 aliphatic rings. The Labute approximate surface area is 134 Å². The lowest BCUT2D eigenvalue weighted by atomic mass is 10.3. The van der Waals surface area contributed by atoms with E-state index in [0.717, 1.165) is 16.9 Å². The number of anilines is 1. The molecule has 1 aromatic carbocycles. The second kappa shape index (κ2) is 6.10. The first-order valence-corrected chi connectivity index (χ1v) is 7.40. The fourth-order valence-corrected chi connectivity index (χ4v) is 2.45. The number of para-hydroxylation sites is 2. The molecule has 2 aromatic heterocycles. The minimum Gasteiger partial charge on any atom is -0.364 e. The van der Waals surface area contributed by atoms with Crippen LogP contribution in [0.2, 0.25) is 0 Å². The first kappa shape index (κ1) is 14.5. The largest absolute Gasteiger partial charge is 0.364 e. The molecule has 2 heterocycles. The highest BCUT2D eigenvalue weighted by Crippen LogP contribution is 2.25. The van der Waals surface area contributed by atoms with E-state index in [1.165, 1.54) is 12.3 Å². The molecule has 8 heteroatoms. The summed E-state index contributed by atoms with van der Waals surface area (Å²) in [5.41, 5.74) is 1.83. The van der Waals surface area contributed by atoms with Crippen molar-refractivity contribution in [1.29, 1.82) is 0 Å². The zero-order chi connectivity index (χ0) is 15.5. The van der Waals surface area contributed by atoms with Crippen molar-refractivity contribution in [2.45, 2.75) is 6.42 Å². The molecule has 0 unspecified atom stereocenters. The second-order valence-electron chi connectivity index (χ2n) is 4.66. The van der Waals surface area contributed by atoms with Crippen LogP contribution in [0, 0.1) is 10.1 Å². The first-order chi connectivity index (χ1) is 10.6. The van der Waals surface area contributed by atoms with Crippen LogP contribution in [-0.2, 0) is 6.42 Å². The molecule has 0 saturated carbocycles. The highest BCUT2D eigenvalue weighted by atomic mass is 79.9. The zero-order valence-corrected chi connectivity index (χ0v) is 13.0. The van der Waals surface area contributed by atoms with E-state index in [1.54, 1.807) is 0 Å². The number of nitrogens with one attached hydrogen (secondary N) is 2. The molecule has 3 aromatic rings. The van der Waals surface area contributed by atoms with Crippen LogP contribution in [-0.4, -0.2) is 26.4 Å². The molecule has 0 spiro atoms. The molecule has 3 rings (SSSR count). The van der Waals surface area contributed by atoms with Crippen LogP contribution in [0.25, 0.3) is 11.0 Å². The quantitative estimate of drug-likeness (QED) is 0.536. The molecular weight excluding hydrogens is 350 g/mol. The molecule has 0 radical (unpaired) electrons. The number of fused-ring (bicyclic) bond motifs is 1. The van der Waals surface area contributed by atoms with Crippen molar-refractivity contribution in [3.05, 3.63) is 56.9 Å². The number of nitro groups is 1. The SMILES string of the molecule is O=[N+]([O-])c1cc(Br)cnc1NCCc1nc2ccccc2[nH]1. The van der Waals surface area contributed by atoms with Crippen molar-refractivity contribution in [3.8, 4) is 0 Å². The van der Waals surface area contributed by atoms with Gasteiger partial charge in [-0.2, -0.15) is 0 Å². The molecule has 0 aliphatic carbocycles. The van der Waals surface area contributed by atoms with Gasteiger partial charge >= 0.3 is 5.69 Å². The van der Waals surface area contributed by atoms with Crippen LogP contribution in [0.3, 0.4) is 0 Å². The highest BCUT2D eigenvalue weighted by Gasteiger charge is 2.15. The lowest BCUT2D eigenvalue weighted by molar-refractivity contribution is -0.384. The first-order valence-electron chi connectivity index (χ1n) is 6.61. The smallest absolute Gasteiger partial charge is 0.312 e. The van der Waals surface area contributed by atoms with Crippen LogP contribution in [0.1, 0.15) is 5.82 Å². The fourth-order valence-electron chi connectivity index (χ4n) is 2.13. The number of hydrogen-bond donors (Lipinski definition) is 2. The van der Waals surface area contributed by atoms with Crippen molar-refractivity contribution in [3.63, 3.8) is 0 Å². The van der Waals surface area contributed by atoms with Crippen LogP contribution in [0.15, 0.2) is 41.0 Å². The standard InChI is InChI=1S/C14H12BrN5O2/c15-9-7-12(20(21)22)14(17-8-9)16-6-5-13-18-10-3-1-2-4-11(10)19-13/h1-4,7-8H,5-6H2,(H,16,17)(H,18,19). The number of pyridine rings is 1. The predicted octanol–water partition coefficient (Wildman–Crippen LogP) is 3.28. The zero-order valence-electron chi connectivity index (χ0n) is 11.4. The summed E-state index contributed by atoms with van der Waals surface area (Å²) in [6.45, 7) is 0.495. The summed E-state index contributed by atoms with van der Waals surface area (Å²) in [4.78, 5) is 22.3. The van der Waals surface area contributed by atoms with E-state index in [4.69, 9.17) is 0 Å². The summed E-state index contributed by atoms with van der Waals surface area (Å²) in [5, 5.41) is 14.0. The van der Waals surface area contributed by atoms with Gasteiger partial charge in [-0.25, -0.2) is 9.97 Å². The average molecular weight is 362 g/mol. The van der Waals surface area contributed by atoms with Gasteiger partial charge in [0.15, 0.2) is 0 Å². The highest BCUT2D eigenvalue weighted by molar-refractivity contribution is 9.10. The maximum Gasteiger partial charge on any atom is 0.312 e. The molecular formula is C14H12BrN5O2. The van der Waals surface area contributed by atoms with Crippen LogP contribution in [0.5, 0.6) is 0 Å². The van der Waals surface area contributed by atoms with Gasteiger partial charge in [0.05, 0.1) is 16.0 Å². The number of halogens is 1. The van der Waals surface area contributed by atoms with E-state index < -0.39 is 4.92 Å². The Morgan fingerprint density at radius 1 is 1.36 bits per heavy atom. The third-order valence-electron chi connectivity index (χ3n) is 3.12. The number of aromatic amines is 1. The van der Waals surface area contributed by atoms with Crippen LogP contribution in [0.4, 0.5) is 11.5 Å². The van der Waals surface area contributed by atoms with Gasteiger partial charge in [-0.3, -0.25) is 10.1 Å². The Bertz CT molecular complexity index is 800. The molecule has 0 aliphatic heterocycles. The number of hydrogen-bond acceptors (Lipinski definition) is 5. The van der Waals surface area contributed by atoms with Crippen LogP contribution >= 0.6 is 15.9 Å². The van der Waals surface area contributed by atoms with Gasteiger partial charge in [0.25, 0.3) is 0 Å². The Hall–Kier alpha value is -2.48. The van der Waals surface area contributed by atoms with Crippen molar-refractivity contribution < 1.29 is 4.92 Å². The molecule has 0 atom stereocenters. The van der Waals surface area contributed by atoms with Crippen molar-refractivity contribution in [2.24, 2.45) is 0 Å². The maximum absolute atomic E-state index is 11.0. The Morgan fingerprint density at radius 2 is 2.18 bits per heavy atom. The molecule has 112 valence electrons. The molecule has 0 amide bonds. The Kier molecular flexibility index (Phi) is 4.01. The summed E-state index contributed by atoms with van der Waals surface area (Å²) >= 11 is 3.18. The maximum atomic E-state index is 11.0. The molecule has 2 N–H and O–H groups in total. The monoisotopic (exact) mass is 361 g/mol.